The van der Waals surface area contributed by atoms with E-state index < -0.39 is 89.3 Å². The lowest BCUT2D eigenvalue weighted by atomic mass is 10.1. The minimum Gasteiger partial charge on any atom is -0.387 e. The third-order valence-electron chi connectivity index (χ3n) is 8.30. The average molecular weight is 843 g/mol. The first-order valence-electron chi connectivity index (χ1n) is 16.4. The Hall–Kier alpha value is -3.08. The molecule has 0 saturated carbocycles. The van der Waals surface area contributed by atoms with Gasteiger partial charge in [0.05, 0.1) is 13.2 Å². The molecule has 2 fully saturated rings. The summed E-state index contributed by atoms with van der Waals surface area (Å²) < 4.78 is 51.8. The molecular weight excluding hydrogens is 806 g/mol. The molecule has 2 aromatic heterocycles. The summed E-state index contributed by atoms with van der Waals surface area (Å²) in [5, 5.41) is 42.9. The second kappa shape index (κ2) is 18.0. The Labute approximate surface area is 320 Å². The fourth-order valence-corrected chi connectivity index (χ4v) is 9.22. The zero-order valence-corrected chi connectivity index (χ0v) is 31.8. The maximum atomic E-state index is 12.7. The standard InChI is InChI=1S/C32H36N4O15P2S2/c37-25-21(49-29(27(25)39)35-13-11-23(33-31(35)41)54-17-19-7-3-1-4-8-19)15-47-52(43,44)51-53(45,46)48-16-22-26(38)28(40)30(50-22)36-14-12-24(34-32(36)42)55-18-20-9-5-2-6-10-20/h1-14,21-22,25-30,37-40H,15-18H2,(H,43,44)(H,45,46)/t21-,22-,25-,26-,27-,28-,29-,30-/m1/s1. The summed E-state index contributed by atoms with van der Waals surface area (Å²) in [5.74, 6) is 1.08. The summed E-state index contributed by atoms with van der Waals surface area (Å²) >= 11 is 2.60. The lowest BCUT2D eigenvalue weighted by Gasteiger charge is -2.20. The molecule has 2 aliphatic rings. The molecule has 2 aromatic carbocycles. The van der Waals surface area contributed by atoms with Crippen LogP contribution in [0.2, 0.25) is 0 Å². The van der Waals surface area contributed by atoms with E-state index in [1.807, 2.05) is 60.7 Å². The molecule has 296 valence electrons. The van der Waals surface area contributed by atoms with Crippen molar-refractivity contribution in [3.8, 4) is 0 Å². The van der Waals surface area contributed by atoms with Gasteiger partial charge in [-0.25, -0.2) is 18.7 Å². The van der Waals surface area contributed by atoms with Crippen molar-refractivity contribution < 1.29 is 62.2 Å². The highest BCUT2D eigenvalue weighted by Gasteiger charge is 2.48. The largest absolute Gasteiger partial charge is 0.481 e. The van der Waals surface area contributed by atoms with Gasteiger partial charge in [0, 0.05) is 23.9 Å². The number of rotatable bonds is 16. The molecule has 55 heavy (non-hydrogen) atoms. The second-order valence-corrected chi connectivity index (χ2v) is 17.2. The van der Waals surface area contributed by atoms with Gasteiger partial charge in [0.1, 0.15) is 46.7 Å². The molecule has 4 aromatic rings. The van der Waals surface area contributed by atoms with Crippen molar-refractivity contribution >= 4 is 39.2 Å². The molecule has 2 unspecified atom stereocenters. The van der Waals surface area contributed by atoms with Gasteiger partial charge >= 0.3 is 27.0 Å². The number of benzene rings is 2. The number of aliphatic hydroxyl groups excluding tert-OH is 4. The predicted octanol–water partition coefficient (Wildman–Crippen LogP) is 1.57. The molecule has 0 bridgehead atoms. The molecule has 19 nitrogen and oxygen atoms in total. The van der Waals surface area contributed by atoms with Crippen molar-refractivity contribution in [2.75, 3.05) is 13.2 Å². The predicted molar refractivity (Wildman–Crippen MR) is 193 cm³/mol. The SMILES string of the molecule is O=c1nc(SCc2ccccc2)ccn1[C@@H]1O[C@H](COP(=O)(O)OP(=O)(O)OC[C@H]2O[C@@H](n3ccc(SCc4ccccc4)nc3=O)[C@H](O)[C@@H]2O)[C@@H](O)[C@H]1O. The lowest BCUT2D eigenvalue weighted by molar-refractivity contribution is -0.0568. The number of nitrogens with zero attached hydrogens (tertiary/aromatic N) is 4. The van der Waals surface area contributed by atoms with E-state index in [0.717, 1.165) is 20.3 Å². The first-order chi connectivity index (χ1) is 26.2. The van der Waals surface area contributed by atoms with Crippen LogP contribution in [0.1, 0.15) is 23.6 Å². The summed E-state index contributed by atoms with van der Waals surface area (Å²) in [6.45, 7) is -1.92. The number of aromatic nitrogens is 4. The van der Waals surface area contributed by atoms with Gasteiger partial charge in [-0.2, -0.15) is 14.3 Å². The number of hydrogen-bond donors (Lipinski definition) is 6. The smallest absolute Gasteiger partial charge is 0.387 e. The summed E-state index contributed by atoms with van der Waals surface area (Å²) in [7, 11) is -10.9. The normalized spacial score (nSPS) is 27.5. The van der Waals surface area contributed by atoms with Crippen molar-refractivity contribution in [1.29, 1.82) is 0 Å². The molecule has 0 amide bonds. The van der Waals surface area contributed by atoms with Gasteiger partial charge in [-0.3, -0.25) is 18.2 Å². The van der Waals surface area contributed by atoms with Crippen molar-refractivity contribution in [3.63, 3.8) is 0 Å². The summed E-state index contributed by atoms with van der Waals surface area (Å²) in [4.78, 5) is 53.7. The Morgan fingerprint density at radius 3 is 1.36 bits per heavy atom. The van der Waals surface area contributed by atoms with E-state index in [1.54, 1.807) is 0 Å². The summed E-state index contributed by atoms with van der Waals surface area (Å²) in [5.41, 5.74) is 0.394. The Bertz CT molecular complexity index is 1990. The van der Waals surface area contributed by atoms with Gasteiger partial charge in [-0.1, -0.05) is 60.7 Å². The Balaban J connectivity index is 0.985. The van der Waals surface area contributed by atoms with E-state index in [2.05, 4.69) is 14.3 Å². The summed E-state index contributed by atoms with van der Waals surface area (Å²) in [6, 6.07) is 21.9. The average Bonchev–Trinajstić information content (AvgIpc) is 3.60. The highest BCUT2D eigenvalue weighted by atomic mass is 32.2. The molecule has 23 heteroatoms. The minimum absolute atomic E-state index is 0.393. The molecule has 0 spiro atoms. The van der Waals surface area contributed by atoms with E-state index in [9.17, 15) is 48.9 Å². The Kier molecular flexibility index (Phi) is 13.6. The third-order valence-corrected chi connectivity index (χ3v) is 12.9. The molecule has 6 rings (SSSR count). The minimum atomic E-state index is -5.44. The number of aliphatic hydroxyl groups is 4. The van der Waals surface area contributed by atoms with Crippen LogP contribution in [0.15, 0.2) is 105 Å². The van der Waals surface area contributed by atoms with Crippen LogP contribution >= 0.6 is 39.2 Å². The van der Waals surface area contributed by atoms with Crippen LogP contribution in [0, 0.1) is 0 Å². The van der Waals surface area contributed by atoms with Crippen molar-refractivity contribution in [3.05, 3.63) is 117 Å². The first-order valence-corrected chi connectivity index (χ1v) is 21.4. The van der Waals surface area contributed by atoms with Crippen LogP contribution in [-0.4, -0.2) is 99.2 Å². The topological polar surface area (TPSA) is 271 Å². The van der Waals surface area contributed by atoms with Crippen molar-refractivity contribution in [2.45, 2.75) is 70.6 Å². The van der Waals surface area contributed by atoms with Gasteiger partial charge in [0.2, 0.25) is 0 Å². The van der Waals surface area contributed by atoms with E-state index in [4.69, 9.17) is 18.5 Å². The monoisotopic (exact) mass is 842 g/mol. The maximum absolute atomic E-state index is 12.7. The van der Waals surface area contributed by atoms with Crippen LogP contribution < -0.4 is 11.4 Å². The van der Waals surface area contributed by atoms with E-state index in [1.165, 1.54) is 48.1 Å². The van der Waals surface area contributed by atoms with Crippen LogP contribution in [0.25, 0.3) is 0 Å². The third kappa shape index (κ3) is 10.7. The van der Waals surface area contributed by atoms with E-state index in [0.29, 0.717) is 21.6 Å². The first kappa shape index (κ1) is 41.6. The molecule has 0 radical (unpaired) electrons. The molecule has 10 atom stereocenters. The second-order valence-electron chi connectivity index (χ2n) is 12.2. The number of thioether (sulfide) groups is 2. The fourth-order valence-electron chi connectivity index (χ4n) is 5.51. The number of hydrogen-bond acceptors (Lipinski definition) is 17. The highest BCUT2D eigenvalue weighted by Crippen LogP contribution is 2.60. The van der Waals surface area contributed by atoms with Crippen molar-refractivity contribution in [1.82, 2.24) is 19.1 Å². The highest BCUT2D eigenvalue weighted by molar-refractivity contribution is 7.98. The van der Waals surface area contributed by atoms with Crippen LogP contribution in [0.4, 0.5) is 0 Å². The fraction of sp³-hybridized carbons (Fsp3) is 0.375. The maximum Gasteiger partial charge on any atom is 0.481 e. The molecule has 4 heterocycles. The van der Waals surface area contributed by atoms with Crippen LogP contribution in [0.3, 0.4) is 0 Å². The van der Waals surface area contributed by atoms with Crippen LogP contribution in [0.5, 0.6) is 0 Å². The molecule has 2 aliphatic heterocycles. The summed E-state index contributed by atoms with van der Waals surface area (Å²) in [6.07, 6.45) is -10.3. The molecular formula is C32H36N4O15P2S2. The van der Waals surface area contributed by atoms with Gasteiger partial charge in [0.25, 0.3) is 0 Å². The van der Waals surface area contributed by atoms with Gasteiger partial charge in [-0.15, -0.1) is 23.5 Å². The zero-order chi connectivity index (χ0) is 39.3. The molecule has 2 saturated heterocycles. The van der Waals surface area contributed by atoms with Gasteiger partial charge in [0.15, 0.2) is 12.5 Å². The quantitative estimate of drug-likeness (QED) is 0.0531. The number of phosphoric acid groups is 2. The Morgan fingerprint density at radius 1 is 0.618 bits per heavy atom. The number of ether oxygens (including phenoxy) is 2. The molecule has 0 aliphatic carbocycles. The lowest BCUT2D eigenvalue weighted by Crippen LogP contribution is -2.36. The van der Waals surface area contributed by atoms with Crippen LogP contribution in [-0.2, 0) is 43.5 Å². The Morgan fingerprint density at radius 2 is 1.00 bits per heavy atom. The number of phosphoric ester groups is 2. The van der Waals surface area contributed by atoms with E-state index >= 15 is 0 Å². The molecule has 6 N–H and O–H groups in total. The van der Waals surface area contributed by atoms with Gasteiger partial charge < -0.3 is 39.7 Å². The van der Waals surface area contributed by atoms with E-state index in [-0.39, 0.29) is 0 Å². The zero-order valence-electron chi connectivity index (χ0n) is 28.4. The van der Waals surface area contributed by atoms with Crippen molar-refractivity contribution in [2.24, 2.45) is 0 Å². The van der Waals surface area contributed by atoms with Gasteiger partial charge in [-0.05, 0) is 23.3 Å².